The first-order valence-corrected chi connectivity index (χ1v) is 10.0. The van der Waals surface area contributed by atoms with Crippen molar-refractivity contribution in [1.82, 2.24) is 15.6 Å². The van der Waals surface area contributed by atoms with Gasteiger partial charge in [0, 0.05) is 48.1 Å². The topological polar surface area (TPSA) is 58.5 Å². The molecule has 1 aliphatic rings. The number of nitrogens with zero attached hydrogens (tertiary/aromatic N) is 2. The third-order valence-corrected chi connectivity index (χ3v) is 5.36. The van der Waals surface area contributed by atoms with Gasteiger partial charge in [-0.25, -0.2) is 4.98 Å². The van der Waals surface area contributed by atoms with E-state index in [4.69, 9.17) is 4.74 Å². The molecule has 2 aromatic rings. The van der Waals surface area contributed by atoms with E-state index in [1.54, 1.807) is 13.2 Å². The van der Waals surface area contributed by atoms with Crippen LogP contribution in [0, 0.1) is 12.8 Å². The molecule has 0 radical (unpaired) electrons. The molecule has 0 bridgehead atoms. The van der Waals surface area contributed by atoms with Gasteiger partial charge in [0.05, 0.1) is 6.61 Å². The van der Waals surface area contributed by atoms with E-state index in [2.05, 4.69) is 46.6 Å². The maximum Gasteiger partial charge on any atom is 0.213 e. The Bertz CT molecular complexity index is 739. The zero-order chi connectivity index (χ0) is 18.4. The molecule has 6 heteroatoms. The van der Waals surface area contributed by atoms with Gasteiger partial charge in [-0.05, 0) is 56.4 Å². The third-order valence-electron chi connectivity index (χ3n) is 4.33. The molecule has 0 amide bonds. The maximum atomic E-state index is 5.75. The minimum Gasteiger partial charge on any atom is -0.477 e. The molecule has 0 saturated heterocycles. The highest BCUT2D eigenvalue weighted by Gasteiger charge is 2.22. The minimum atomic E-state index is 0.314. The Morgan fingerprint density at radius 2 is 2.23 bits per heavy atom. The second kappa shape index (κ2) is 9.03. The quantitative estimate of drug-likeness (QED) is 0.550. The Morgan fingerprint density at radius 1 is 1.38 bits per heavy atom. The van der Waals surface area contributed by atoms with Crippen LogP contribution in [0.3, 0.4) is 0 Å². The lowest BCUT2D eigenvalue weighted by Gasteiger charge is -2.17. The van der Waals surface area contributed by atoms with E-state index in [-0.39, 0.29) is 0 Å². The smallest absolute Gasteiger partial charge is 0.213 e. The van der Waals surface area contributed by atoms with Gasteiger partial charge in [-0.15, -0.1) is 11.3 Å². The first-order chi connectivity index (χ1) is 12.6. The molecule has 1 saturated carbocycles. The van der Waals surface area contributed by atoms with Crippen LogP contribution in [0.2, 0.25) is 0 Å². The van der Waals surface area contributed by atoms with Crippen molar-refractivity contribution in [3.05, 3.63) is 45.8 Å². The molecule has 3 rings (SSSR count). The van der Waals surface area contributed by atoms with Crippen LogP contribution >= 0.6 is 11.3 Å². The molecule has 5 nitrogen and oxygen atoms in total. The fourth-order valence-electron chi connectivity index (χ4n) is 2.69. The fourth-order valence-corrected chi connectivity index (χ4v) is 3.71. The summed E-state index contributed by atoms with van der Waals surface area (Å²) in [6, 6.07) is 8.69. The summed E-state index contributed by atoms with van der Waals surface area (Å²) in [5.41, 5.74) is 1.13. The van der Waals surface area contributed by atoms with Gasteiger partial charge in [-0.1, -0.05) is 0 Å². The zero-order valence-electron chi connectivity index (χ0n) is 15.8. The largest absolute Gasteiger partial charge is 0.477 e. The highest BCUT2D eigenvalue weighted by atomic mass is 32.1. The van der Waals surface area contributed by atoms with Crippen LogP contribution in [0.5, 0.6) is 5.88 Å². The van der Waals surface area contributed by atoms with E-state index in [1.165, 1.54) is 22.6 Å². The van der Waals surface area contributed by atoms with Gasteiger partial charge >= 0.3 is 0 Å². The van der Waals surface area contributed by atoms with Gasteiger partial charge in [0.15, 0.2) is 5.96 Å². The van der Waals surface area contributed by atoms with Gasteiger partial charge in [0.25, 0.3) is 0 Å². The molecular weight excluding hydrogens is 344 g/mol. The van der Waals surface area contributed by atoms with Crippen molar-refractivity contribution >= 4 is 17.3 Å². The number of rotatable bonds is 8. The predicted molar refractivity (Wildman–Crippen MR) is 108 cm³/mol. The van der Waals surface area contributed by atoms with Crippen LogP contribution in [0.4, 0.5) is 0 Å². The summed E-state index contributed by atoms with van der Waals surface area (Å²) in [5, 5.41) is 6.83. The number of aliphatic imine (C=N–C) groups is 1. The van der Waals surface area contributed by atoms with E-state index >= 15 is 0 Å². The van der Waals surface area contributed by atoms with Crippen LogP contribution in [0.15, 0.2) is 35.5 Å². The lowest BCUT2D eigenvalue weighted by atomic mass is 10.2. The van der Waals surface area contributed by atoms with E-state index in [1.807, 2.05) is 23.5 Å². The van der Waals surface area contributed by atoms with E-state index in [9.17, 15) is 0 Å². The van der Waals surface area contributed by atoms with Crippen LogP contribution in [0.25, 0.3) is 0 Å². The molecule has 0 aromatic carbocycles. The molecule has 1 fully saturated rings. The number of hydrogen-bond donors (Lipinski definition) is 2. The van der Waals surface area contributed by atoms with Crippen molar-refractivity contribution in [3.63, 3.8) is 0 Å². The second-order valence-electron chi connectivity index (χ2n) is 6.94. The Labute approximate surface area is 159 Å². The summed E-state index contributed by atoms with van der Waals surface area (Å²) in [6.07, 6.45) is 5.36. The van der Waals surface area contributed by atoms with E-state index < -0.39 is 0 Å². The minimum absolute atomic E-state index is 0.314. The molecule has 2 aromatic heterocycles. The Kier molecular flexibility index (Phi) is 6.50. The molecule has 2 heterocycles. The van der Waals surface area contributed by atoms with E-state index in [0.717, 1.165) is 30.5 Å². The van der Waals surface area contributed by atoms with Crippen LogP contribution < -0.4 is 15.4 Å². The van der Waals surface area contributed by atoms with Gasteiger partial charge in [0.1, 0.15) is 0 Å². The molecule has 140 valence electrons. The van der Waals surface area contributed by atoms with Gasteiger partial charge in [-0.3, -0.25) is 4.99 Å². The Balaban J connectivity index is 1.46. The van der Waals surface area contributed by atoms with Crippen LogP contribution in [-0.4, -0.2) is 30.6 Å². The molecule has 26 heavy (non-hydrogen) atoms. The SMILES string of the molecule is CN=C(NCc1ccnc(OCC2CC2)c1)NC(C)Cc1ccc(C)s1. The van der Waals surface area contributed by atoms with Gasteiger partial charge in [-0.2, -0.15) is 0 Å². The average Bonchev–Trinajstić information content (AvgIpc) is 3.38. The number of guanidine groups is 1. The highest BCUT2D eigenvalue weighted by molar-refractivity contribution is 7.11. The van der Waals surface area contributed by atoms with Gasteiger partial charge in [0.2, 0.25) is 5.88 Å². The molecule has 0 spiro atoms. The third kappa shape index (κ3) is 6.02. The summed E-state index contributed by atoms with van der Waals surface area (Å²) in [4.78, 5) is 11.4. The number of aryl methyl sites for hydroxylation is 1. The Morgan fingerprint density at radius 3 is 2.92 bits per heavy atom. The summed E-state index contributed by atoms with van der Waals surface area (Å²) in [5.74, 6) is 2.25. The molecular formula is C20H28N4OS. The zero-order valence-corrected chi connectivity index (χ0v) is 16.6. The maximum absolute atomic E-state index is 5.75. The number of pyridine rings is 1. The van der Waals surface area contributed by atoms with Crippen molar-refractivity contribution in [2.75, 3.05) is 13.7 Å². The highest BCUT2D eigenvalue weighted by Crippen LogP contribution is 2.29. The summed E-state index contributed by atoms with van der Waals surface area (Å²) >= 11 is 1.85. The lowest BCUT2D eigenvalue weighted by Crippen LogP contribution is -2.42. The summed E-state index contributed by atoms with van der Waals surface area (Å²) in [7, 11) is 1.80. The van der Waals surface area contributed by atoms with Crippen molar-refractivity contribution < 1.29 is 4.74 Å². The molecule has 1 atom stereocenters. The van der Waals surface area contributed by atoms with Crippen molar-refractivity contribution in [2.24, 2.45) is 10.9 Å². The van der Waals surface area contributed by atoms with Crippen molar-refractivity contribution in [1.29, 1.82) is 0 Å². The van der Waals surface area contributed by atoms with E-state index in [0.29, 0.717) is 18.5 Å². The number of hydrogen-bond acceptors (Lipinski definition) is 4. The van der Waals surface area contributed by atoms with Crippen LogP contribution in [0.1, 0.15) is 35.1 Å². The Hall–Kier alpha value is -2.08. The summed E-state index contributed by atoms with van der Waals surface area (Å²) < 4.78 is 5.75. The molecule has 0 aliphatic heterocycles. The molecule has 2 N–H and O–H groups in total. The standard InChI is InChI=1S/C20H28N4OS/c1-14(10-18-7-4-15(2)26-18)24-20(21-3)23-12-17-8-9-22-19(11-17)25-13-16-5-6-16/h4,7-9,11,14,16H,5-6,10,12-13H2,1-3H3,(H2,21,23,24). The summed E-state index contributed by atoms with van der Waals surface area (Å²) in [6.45, 7) is 5.79. The fraction of sp³-hybridized carbons (Fsp3) is 0.500. The van der Waals surface area contributed by atoms with Gasteiger partial charge < -0.3 is 15.4 Å². The van der Waals surface area contributed by atoms with Crippen LogP contribution in [-0.2, 0) is 13.0 Å². The number of thiophene rings is 1. The predicted octanol–water partition coefficient (Wildman–Crippen LogP) is 3.54. The average molecular weight is 373 g/mol. The van der Waals surface area contributed by atoms with Crippen molar-refractivity contribution in [2.45, 2.75) is 45.7 Å². The van der Waals surface area contributed by atoms with Crippen molar-refractivity contribution in [3.8, 4) is 5.88 Å². The molecule has 1 unspecified atom stereocenters. The normalized spacial score (nSPS) is 15.6. The number of aromatic nitrogens is 1. The first-order valence-electron chi connectivity index (χ1n) is 9.22. The lowest BCUT2D eigenvalue weighted by molar-refractivity contribution is 0.288. The monoisotopic (exact) mass is 372 g/mol. The molecule has 1 aliphatic carbocycles. The second-order valence-corrected chi connectivity index (χ2v) is 8.32. The first kappa shape index (κ1) is 18.7. The number of nitrogens with one attached hydrogen (secondary N) is 2. The number of ether oxygens (including phenoxy) is 1.